The molecule has 1 aromatic rings. The lowest BCUT2D eigenvalue weighted by Crippen LogP contribution is -2.11. The van der Waals surface area contributed by atoms with Crippen molar-refractivity contribution in [2.75, 3.05) is 6.54 Å². The lowest BCUT2D eigenvalue weighted by molar-refractivity contribution is 0.0972. The van der Waals surface area contributed by atoms with Crippen LogP contribution in [0.2, 0.25) is 0 Å². The summed E-state index contributed by atoms with van der Waals surface area (Å²) in [7, 11) is 0. The van der Waals surface area contributed by atoms with Crippen LogP contribution in [0.3, 0.4) is 0 Å². The molecule has 1 atom stereocenters. The van der Waals surface area contributed by atoms with Gasteiger partial charge in [0, 0.05) is 12.0 Å². The van der Waals surface area contributed by atoms with E-state index in [4.69, 9.17) is 5.73 Å². The molecule has 0 saturated heterocycles. The molecule has 0 aliphatic heterocycles. The zero-order chi connectivity index (χ0) is 14.3. The number of rotatable bonds is 8. The molecule has 0 spiro atoms. The van der Waals surface area contributed by atoms with Crippen LogP contribution in [0.15, 0.2) is 18.2 Å². The summed E-state index contributed by atoms with van der Waals surface area (Å²) in [5, 5.41) is 0. The number of carbonyl (C=O) groups is 1. The van der Waals surface area contributed by atoms with Gasteiger partial charge in [0.1, 0.15) is 0 Å². The standard InChI is InChI=1S/C17H27NO/c1-4-5-15(8-9-18)6-7-17(19)16-11-13(2)10-14(3)12-16/h10-12,15H,4-9,18H2,1-3H3. The molecule has 2 N–H and O–H groups in total. The van der Waals surface area contributed by atoms with E-state index in [9.17, 15) is 4.79 Å². The van der Waals surface area contributed by atoms with Crippen LogP contribution in [0.1, 0.15) is 60.5 Å². The molecule has 1 rings (SSSR count). The van der Waals surface area contributed by atoms with Crippen LogP contribution in [-0.4, -0.2) is 12.3 Å². The third-order valence-electron chi connectivity index (χ3n) is 3.60. The van der Waals surface area contributed by atoms with Crippen molar-refractivity contribution < 1.29 is 4.79 Å². The molecule has 0 aromatic heterocycles. The second-order valence-corrected chi connectivity index (χ2v) is 5.57. The van der Waals surface area contributed by atoms with Gasteiger partial charge < -0.3 is 5.73 Å². The number of hydrogen-bond donors (Lipinski definition) is 1. The van der Waals surface area contributed by atoms with Gasteiger partial charge >= 0.3 is 0 Å². The van der Waals surface area contributed by atoms with Gasteiger partial charge in [-0.05, 0) is 51.3 Å². The van der Waals surface area contributed by atoms with Crippen molar-refractivity contribution in [2.45, 2.75) is 52.9 Å². The highest BCUT2D eigenvalue weighted by Crippen LogP contribution is 2.19. The Hall–Kier alpha value is -1.15. The zero-order valence-corrected chi connectivity index (χ0v) is 12.5. The highest BCUT2D eigenvalue weighted by atomic mass is 16.1. The van der Waals surface area contributed by atoms with Gasteiger partial charge in [0.15, 0.2) is 5.78 Å². The molecule has 0 saturated carbocycles. The summed E-state index contributed by atoms with van der Waals surface area (Å²) in [5.41, 5.74) is 8.82. The molecule has 0 fully saturated rings. The number of benzene rings is 1. The second-order valence-electron chi connectivity index (χ2n) is 5.57. The fraction of sp³-hybridized carbons (Fsp3) is 0.588. The van der Waals surface area contributed by atoms with Crippen molar-refractivity contribution in [2.24, 2.45) is 11.7 Å². The molecule has 0 aliphatic rings. The summed E-state index contributed by atoms with van der Waals surface area (Å²) in [6, 6.07) is 6.09. The first kappa shape index (κ1) is 15.9. The third kappa shape index (κ3) is 5.56. The van der Waals surface area contributed by atoms with Crippen molar-refractivity contribution in [1.82, 2.24) is 0 Å². The van der Waals surface area contributed by atoms with E-state index in [1.54, 1.807) is 0 Å². The molecule has 0 amide bonds. The molecule has 0 heterocycles. The van der Waals surface area contributed by atoms with Crippen molar-refractivity contribution in [1.29, 1.82) is 0 Å². The summed E-state index contributed by atoms with van der Waals surface area (Å²) in [5.74, 6) is 0.870. The Bertz CT molecular complexity index is 385. The largest absolute Gasteiger partial charge is 0.330 e. The summed E-state index contributed by atoms with van der Waals surface area (Å²) in [4.78, 5) is 12.2. The Kier molecular flexibility index (Phi) is 6.79. The maximum absolute atomic E-state index is 12.2. The SMILES string of the molecule is CCCC(CCN)CCC(=O)c1cc(C)cc(C)c1. The summed E-state index contributed by atoms with van der Waals surface area (Å²) < 4.78 is 0. The lowest BCUT2D eigenvalue weighted by Gasteiger charge is -2.14. The van der Waals surface area contributed by atoms with E-state index >= 15 is 0 Å². The van der Waals surface area contributed by atoms with Gasteiger partial charge in [-0.25, -0.2) is 0 Å². The second kappa shape index (κ2) is 8.11. The minimum Gasteiger partial charge on any atom is -0.330 e. The Morgan fingerprint density at radius 1 is 1.11 bits per heavy atom. The van der Waals surface area contributed by atoms with Crippen LogP contribution in [0.4, 0.5) is 0 Å². The van der Waals surface area contributed by atoms with Crippen molar-refractivity contribution in [3.63, 3.8) is 0 Å². The van der Waals surface area contributed by atoms with Crippen LogP contribution in [-0.2, 0) is 0 Å². The Balaban J connectivity index is 2.58. The quantitative estimate of drug-likeness (QED) is 0.718. The highest BCUT2D eigenvalue weighted by molar-refractivity contribution is 5.96. The maximum atomic E-state index is 12.2. The van der Waals surface area contributed by atoms with Crippen LogP contribution in [0.25, 0.3) is 0 Å². The average Bonchev–Trinajstić information content (AvgIpc) is 2.35. The Labute approximate surface area is 117 Å². The molecule has 2 heteroatoms. The molecule has 106 valence electrons. The van der Waals surface area contributed by atoms with Crippen molar-refractivity contribution in [3.05, 3.63) is 34.9 Å². The average molecular weight is 261 g/mol. The zero-order valence-electron chi connectivity index (χ0n) is 12.5. The fourth-order valence-electron chi connectivity index (χ4n) is 2.69. The van der Waals surface area contributed by atoms with Gasteiger partial charge in [-0.1, -0.05) is 37.0 Å². The van der Waals surface area contributed by atoms with Crippen LogP contribution in [0, 0.1) is 19.8 Å². The van der Waals surface area contributed by atoms with Gasteiger partial charge in [0.25, 0.3) is 0 Å². The third-order valence-corrected chi connectivity index (χ3v) is 3.60. The van der Waals surface area contributed by atoms with E-state index in [0.717, 1.165) is 36.1 Å². The molecule has 0 radical (unpaired) electrons. The minimum absolute atomic E-state index is 0.268. The van der Waals surface area contributed by atoms with Gasteiger partial charge in [-0.3, -0.25) is 4.79 Å². The van der Waals surface area contributed by atoms with E-state index in [1.807, 2.05) is 26.0 Å². The van der Waals surface area contributed by atoms with Gasteiger partial charge in [0.2, 0.25) is 0 Å². The molecule has 2 nitrogen and oxygen atoms in total. The topological polar surface area (TPSA) is 43.1 Å². The normalized spacial score (nSPS) is 12.4. The molecular weight excluding hydrogens is 234 g/mol. The smallest absolute Gasteiger partial charge is 0.162 e. The molecule has 1 unspecified atom stereocenters. The molecule has 0 bridgehead atoms. The predicted octanol–water partition coefficient (Wildman–Crippen LogP) is 4.03. The minimum atomic E-state index is 0.268. The first-order valence-corrected chi connectivity index (χ1v) is 7.38. The fourth-order valence-corrected chi connectivity index (χ4v) is 2.69. The van der Waals surface area contributed by atoms with Crippen molar-refractivity contribution >= 4 is 5.78 Å². The lowest BCUT2D eigenvalue weighted by atomic mass is 9.92. The molecule has 1 aromatic carbocycles. The molecule has 0 aliphatic carbocycles. The van der Waals surface area contributed by atoms with E-state index in [1.165, 1.54) is 12.8 Å². The van der Waals surface area contributed by atoms with E-state index in [2.05, 4.69) is 13.0 Å². The summed E-state index contributed by atoms with van der Waals surface area (Å²) in [6.45, 7) is 6.99. The number of nitrogens with two attached hydrogens (primary N) is 1. The highest BCUT2D eigenvalue weighted by Gasteiger charge is 2.12. The summed E-state index contributed by atoms with van der Waals surface area (Å²) >= 11 is 0. The van der Waals surface area contributed by atoms with E-state index in [-0.39, 0.29) is 5.78 Å². The van der Waals surface area contributed by atoms with Gasteiger partial charge in [-0.2, -0.15) is 0 Å². The first-order chi connectivity index (χ1) is 9.06. The van der Waals surface area contributed by atoms with E-state index < -0.39 is 0 Å². The number of ketones is 1. The first-order valence-electron chi connectivity index (χ1n) is 7.38. The number of aryl methyl sites for hydroxylation is 2. The Morgan fingerprint density at radius 3 is 2.26 bits per heavy atom. The van der Waals surface area contributed by atoms with Crippen molar-refractivity contribution in [3.8, 4) is 0 Å². The summed E-state index contributed by atoms with van der Waals surface area (Å²) in [6.07, 6.45) is 5.00. The van der Waals surface area contributed by atoms with E-state index in [0.29, 0.717) is 12.3 Å². The van der Waals surface area contributed by atoms with Crippen LogP contribution >= 0.6 is 0 Å². The van der Waals surface area contributed by atoms with Crippen LogP contribution < -0.4 is 5.73 Å². The number of Topliss-reactive ketones (excluding diaryl/α,β-unsaturated/α-hetero) is 1. The van der Waals surface area contributed by atoms with Crippen LogP contribution in [0.5, 0.6) is 0 Å². The monoisotopic (exact) mass is 261 g/mol. The number of carbonyl (C=O) groups excluding carboxylic acids is 1. The predicted molar refractivity (Wildman–Crippen MR) is 81.5 cm³/mol. The molecule has 19 heavy (non-hydrogen) atoms. The number of hydrogen-bond acceptors (Lipinski definition) is 2. The Morgan fingerprint density at radius 2 is 1.74 bits per heavy atom. The maximum Gasteiger partial charge on any atom is 0.162 e. The molecular formula is C17H27NO. The van der Waals surface area contributed by atoms with Gasteiger partial charge in [-0.15, -0.1) is 0 Å². The van der Waals surface area contributed by atoms with Gasteiger partial charge in [0.05, 0.1) is 0 Å².